The van der Waals surface area contributed by atoms with E-state index in [4.69, 9.17) is 23.8 Å². The third kappa shape index (κ3) is 5.08. The Morgan fingerprint density at radius 1 is 0.298 bits per heavy atom. The van der Waals surface area contributed by atoms with Crippen LogP contribution in [0.25, 0.3) is 117 Å². The number of nitrogens with zero attached hydrogens (tertiary/aromatic N) is 4. The first-order valence-electron chi connectivity index (χ1n) is 19.0. The van der Waals surface area contributed by atoms with Crippen molar-refractivity contribution in [2.75, 3.05) is 0 Å². The third-order valence-electron chi connectivity index (χ3n) is 11.1. The fourth-order valence-electron chi connectivity index (χ4n) is 8.34. The summed E-state index contributed by atoms with van der Waals surface area (Å²) >= 11 is 0. The smallest absolute Gasteiger partial charge is 0.164 e. The lowest BCUT2D eigenvalue weighted by atomic mass is 10.0. The predicted molar refractivity (Wildman–Crippen MR) is 230 cm³/mol. The Morgan fingerprint density at radius 3 is 1.46 bits per heavy atom. The highest BCUT2D eigenvalue weighted by atomic mass is 16.3. The van der Waals surface area contributed by atoms with Gasteiger partial charge < -0.3 is 13.4 Å². The molecule has 57 heavy (non-hydrogen) atoms. The Kier molecular flexibility index (Phi) is 6.83. The molecular formula is C51H30N4O2. The van der Waals surface area contributed by atoms with Gasteiger partial charge in [0.25, 0.3) is 0 Å². The minimum absolute atomic E-state index is 0.554. The van der Waals surface area contributed by atoms with Crippen LogP contribution in [0.5, 0.6) is 0 Å². The fraction of sp³-hybridized carbons (Fsp3) is 0. The van der Waals surface area contributed by atoms with Gasteiger partial charge in [0, 0.05) is 54.7 Å². The van der Waals surface area contributed by atoms with E-state index in [1.165, 1.54) is 21.8 Å². The van der Waals surface area contributed by atoms with Crippen LogP contribution in [0.1, 0.15) is 0 Å². The maximum absolute atomic E-state index is 6.54. The molecule has 6 heteroatoms. The van der Waals surface area contributed by atoms with E-state index >= 15 is 0 Å². The van der Waals surface area contributed by atoms with Gasteiger partial charge >= 0.3 is 0 Å². The number of para-hydroxylation sites is 3. The van der Waals surface area contributed by atoms with Gasteiger partial charge in [-0.05, 0) is 77.9 Å². The Balaban J connectivity index is 1.01. The molecule has 0 aliphatic heterocycles. The molecule has 4 aromatic heterocycles. The lowest BCUT2D eigenvalue weighted by Gasteiger charge is -2.10. The summed E-state index contributed by atoms with van der Waals surface area (Å²) < 4.78 is 15.1. The van der Waals surface area contributed by atoms with E-state index < -0.39 is 0 Å². The Bertz CT molecular complexity index is 3490. The van der Waals surface area contributed by atoms with Crippen LogP contribution in [0.2, 0.25) is 0 Å². The van der Waals surface area contributed by atoms with Crippen LogP contribution in [-0.2, 0) is 0 Å². The molecule has 0 aliphatic rings. The molecular weight excluding hydrogens is 701 g/mol. The maximum Gasteiger partial charge on any atom is 0.164 e. The van der Waals surface area contributed by atoms with E-state index in [0.717, 1.165) is 77.4 Å². The highest BCUT2D eigenvalue weighted by molar-refractivity contribution is 6.11. The largest absolute Gasteiger partial charge is 0.456 e. The first kappa shape index (κ1) is 31.5. The molecule has 0 spiro atoms. The molecule has 266 valence electrons. The van der Waals surface area contributed by atoms with E-state index in [1.54, 1.807) is 0 Å². The molecule has 12 rings (SSSR count). The van der Waals surface area contributed by atoms with Gasteiger partial charge in [-0.2, -0.15) is 0 Å². The number of furan rings is 2. The van der Waals surface area contributed by atoms with E-state index in [-0.39, 0.29) is 0 Å². The van der Waals surface area contributed by atoms with Crippen LogP contribution in [0, 0.1) is 0 Å². The summed E-state index contributed by atoms with van der Waals surface area (Å²) in [6, 6.07) is 62.8. The van der Waals surface area contributed by atoms with E-state index in [2.05, 4.69) is 150 Å². The van der Waals surface area contributed by atoms with Crippen LogP contribution in [0.3, 0.4) is 0 Å². The summed E-state index contributed by atoms with van der Waals surface area (Å²) in [5.74, 6) is 1.69. The van der Waals surface area contributed by atoms with Gasteiger partial charge in [0.05, 0.1) is 11.0 Å². The first-order chi connectivity index (χ1) is 28.2. The zero-order chi connectivity index (χ0) is 37.5. The van der Waals surface area contributed by atoms with Crippen LogP contribution < -0.4 is 0 Å². The second-order valence-corrected chi connectivity index (χ2v) is 14.4. The molecule has 0 bridgehead atoms. The third-order valence-corrected chi connectivity index (χ3v) is 11.1. The summed E-state index contributed by atoms with van der Waals surface area (Å²) in [6.07, 6.45) is 0. The topological polar surface area (TPSA) is 69.9 Å². The molecule has 0 radical (unpaired) electrons. The second-order valence-electron chi connectivity index (χ2n) is 14.4. The average Bonchev–Trinajstić information content (AvgIpc) is 3.95. The van der Waals surface area contributed by atoms with E-state index in [0.29, 0.717) is 17.5 Å². The van der Waals surface area contributed by atoms with Crippen LogP contribution in [0.4, 0.5) is 0 Å². The molecule has 4 heterocycles. The first-order valence-corrected chi connectivity index (χ1v) is 19.0. The lowest BCUT2D eigenvalue weighted by molar-refractivity contribution is 0.668. The molecule has 0 atom stereocenters. The Morgan fingerprint density at radius 2 is 0.789 bits per heavy atom. The summed E-state index contributed by atoms with van der Waals surface area (Å²) in [4.78, 5) is 15.3. The molecule has 8 aromatic carbocycles. The van der Waals surface area contributed by atoms with Crippen molar-refractivity contribution in [1.82, 2.24) is 19.5 Å². The molecule has 0 saturated carbocycles. The van der Waals surface area contributed by atoms with Crippen molar-refractivity contribution < 1.29 is 8.83 Å². The number of hydrogen-bond acceptors (Lipinski definition) is 5. The molecule has 0 unspecified atom stereocenters. The minimum atomic E-state index is 0.554. The lowest BCUT2D eigenvalue weighted by Crippen LogP contribution is -2.00. The molecule has 6 nitrogen and oxygen atoms in total. The summed E-state index contributed by atoms with van der Waals surface area (Å²) in [7, 11) is 0. The second kappa shape index (κ2) is 12.3. The highest BCUT2D eigenvalue weighted by Crippen LogP contribution is 2.38. The number of benzene rings is 8. The van der Waals surface area contributed by atoms with Crippen LogP contribution in [-0.4, -0.2) is 19.5 Å². The quantitative estimate of drug-likeness (QED) is 0.176. The SMILES string of the molecule is c1ccc(-c2cccc(-c3nc(-c4ccc5c(c4)oc4ccccc45)nc(-c4ccc5c(c4)oc4ccc(-n6c7ccccc7c7ccccc76)cc45)n3)c2)cc1. The van der Waals surface area contributed by atoms with Crippen molar-refractivity contribution in [3.8, 4) is 51.0 Å². The van der Waals surface area contributed by atoms with Gasteiger partial charge in [-0.3, -0.25) is 0 Å². The number of rotatable bonds is 5. The predicted octanol–water partition coefficient (Wildman–Crippen LogP) is 13.4. The molecule has 0 amide bonds. The number of fused-ring (bicyclic) bond motifs is 9. The summed E-state index contributed by atoms with van der Waals surface area (Å²) in [6.45, 7) is 0. The van der Waals surface area contributed by atoms with Crippen molar-refractivity contribution >= 4 is 65.7 Å². The zero-order valence-electron chi connectivity index (χ0n) is 30.4. The Hall–Kier alpha value is -7.83. The van der Waals surface area contributed by atoms with Crippen LogP contribution >= 0.6 is 0 Å². The summed E-state index contributed by atoms with van der Waals surface area (Å²) in [5, 5.41) is 6.67. The zero-order valence-corrected chi connectivity index (χ0v) is 30.4. The summed E-state index contributed by atoms with van der Waals surface area (Å²) in [5.41, 5.74) is 11.4. The number of hydrogen-bond donors (Lipinski definition) is 0. The van der Waals surface area contributed by atoms with Crippen molar-refractivity contribution in [3.63, 3.8) is 0 Å². The molecule has 0 fully saturated rings. The van der Waals surface area contributed by atoms with Gasteiger partial charge in [-0.1, -0.05) is 115 Å². The monoisotopic (exact) mass is 730 g/mol. The van der Waals surface area contributed by atoms with Crippen molar-refractivity contribution in [2.24, 2.45) is 0 Å². The van der Waals surface area contributed by atoms with Crippen molar-refractivity contribution in [2.45, 2.75) is 0 Å². The fourth-order valence-corrected chi connectivity index (χ4v) is 8.34. The molecule has 0 N–H and O–H groups in total. The maximum atomic E-state index is 6.54. The van der Waals surface area contributed by atoms with Gasteiger partial charge in [0.1, 0.15) is 22.3 Å². The minimum Gasteiger partial charge on any atom is -0.456 e. The highest BCUT2D eigenvalue weighted by Gasteiger charge is 2.18. The normalized spacial score (nSPS) is 11.9. The van der Waals surface area contributed by atoms with E-state index in [1.807, 2.05) is 36.4 Å². The van der Waals surface area contributed by atoms with Crippen LogP contribution in [0.15, 0.2) is 191 Å². The number of aromatic nitrogens is 4. The van der Waals surface area contributed by atoms with E-state index in [9.17, 15) is 0 Å². The molecule has 0 aliphatic carbocycles. The van der Waals surface area contributed by atoms with Crippen molar-refractivity contribution in [3.05, 3.63) is 182 Å². The molecule has 0 saturated heterocycles. The standard InChI is InChI=1S/C51H30N4O2/c1-2-11-31(12-3-1)32-13-10-14-33(27-32)49-52-50(34-21-24-40-39-17-6-9-20-45(39)56-47(40)28-34)54-51(53-49)35-22-25-41-42-30-36(23-26-46(42)57-48(41)29-35)55-43-18-7-4-15-37(43)38-16-5-8-19-44(38)55/h1-30H. The van der Waals surface area contributed by atoms with Gasteiger partial charge in [-0.15, -0.1) is 0 Å². The van der Waals surface area contributed by atoms with Gasteiger partial charge in [0.15, 0.2) is 17.5 Å². The molecule has 12 aromatic rings. The van der Waals surface area contributed by atoms with Gasteiger partial charge in [-0.25, -0.2) is 15.0 Å². The average molecular weight is 731 g/mol. The Labute approximate surface area is 325 Å². The van der Waals surface area contributed by atoms with Crippen molar-refractivity contribution in [1.29, 1.82) is 0 Å². The van der Waals surface area contributed by atoms with Gasteiger partial charge in [0.2, 0.25) is 0 Å².